The van der Waals surface area contributed by atoms with Gasteiger partial charge >= 0.3 is 6.03 Å². The second-order valence-electron chi connectivity index (χ2n) is 4.89. The Morgan fingerprint density at radius 2 is 1.95 bits per heavy atom. The summed E-state index contributed by atoms with van der Waals surface area (Å²) in [7, 11) is 0. The Hall–Kier alpha value is -1.07. The molecule has 1 fully saturated rings. The van der Waals surface area contributed by atoms with E-state index in [1.54, 1.807) is 0 Å². The zero-order chi connectivity index (χ0) is 13.7. The van der Waals surface area contributed by atoms with Crippen molar-refractivity contribution < 1.29 is 4.79 Å². The van der Waals surface area contributed by atoms with Crippen LogP contribution in [0.5, 0.6) is 0 Å². The van der Waals surface area contributed by atoms with Crippen LogP contribution in [0.15, 0.2) is 28.7 Å². The molecule has 5 heteroatoms. The fourth-order valence-electron chi connectivity index (χ4n) is 2.49. The van der Waals surface area contributed by atoms with E-state index in [9.17, 15) is 4.79 Å². The Morgan fingerprint density at radius 3 is 2.53 bits per heavy atom. The third-order valence-corrected chi connectivity index (χ3v) is 4.12. The minimum absolute atomic E-state index is 0.286. The second kappa shape index (κ2) is 6.91. The molecule has 3 N–H and O–H groups in total. The van der Waals surface area contributed by atoms with Gasteiger partial charge in [-0.15, -0.1) is 0 Å². The van der Waals surface area contributed by atoms with Crippen LogP contribution in [0.25, 0.3) is 0 Å². The maximum Gasteiger partial charge on any atom is 0.315 e. The van der Waals surface area contributed by atoms with E-state index in [4.69, 9.17) is 5.73 Å². The Bertz CT molecular complexity index is 415. The van der Waals surface area contributed by atoms with Gasteiger partial charge in [0.2, 0.25) is 0 Å². The predicted octanol–water partition coefficient (Wildman–Crippen LogP) is 2.12. The van der Waals surface area contributed by atoms with E-state index < -0.39 is 0 Å². The first-order valence-corrected chi connectivity index (χ1v) is 7.47. The molecule has 0 saturated carbocycles. The molecule has 104 valence electrons. The molecular weight excluding hydrogens is 306 g/mol. The average molecular weight is 326 g/mol. The summed E-state index contributed by atoms with van der Waals surface area (Å²) in [4.78, 5) is 13.4. The van der Waals surface area contributed by atoms with E-state index in [1.807, 2.05) is 17.0 Å². The van der Waals surface area contributed by atoms with Crippen molar-refractivity contribution in [2.75, 3.05) is 19.6 Å². The van der Waals surface area contributed by atoms with Crippen molar-refractivity contribution in [3.63, 3.8) is 0 Å². The maximum absolute atomic E-state index is 11.6. The molecule has 1 aliphatic rings. The first-order valence-electron chi connectivity index (χ1n) is 6.68. The number of urea groups is 1. The summed E-state index contributed by atoms with van der Waals surface area (Å²) >= 11 is 3.42. The van der Waals surface area contributed by atoms with Crippen molar-refractivity contribution in [3.8, 4) is 0 Å². The number of carbonyl (C=O) groups is 1. The van der Waals surface area contributed by atoms with Crippen molar-refractivity contribution >= 4 is 22.0 Å². The largest absolute Gasteiger partial charge is 0.351 e. The highest BCUT2D eigenvalue weighted by molar-refractivity contribution is 9.10. The number of hydrogen-bond donors (Lipinski definition) is 2. The van der Waals surface area contributed by atoms with Crippen LogP contribution >= 0.6 is 15.9 Å². The Balaban J connectivity index is 1.93. The smallest absolute Gasteiger partial charge is 0.315 e. The topological polar surface area (TPSA) is 58.4 Å². The van der Waals surface area contributed by atoms with Crippen LogP contribution in [0, 0.1) is 0 Å². The number of primary amides is 1. The number of halogens is 1. The number of rotatable bonds is 4. The van der Waals surface area contributed by atoms with Gasteiger partial charge in [-0.25, -0.2) is 4.79 Å². The molecule has 0 aliphatic carbocycles. The lowest BCUT2D eigenvalue weighted by molar-refractivity contribution is 0.168. The number of hydrogen-bond acceptors (Lipinski definition) is 2. The molecule has 1 saturated heterocycles. The number of piperidine rings is 1. The number of nitrogens with one attached hydrogen (secondary N) is 1. The van der Waals surface area contributed by atoms with E-state index in [0.29, 0.717) is 6.54 Å². The molecule has 1 aromatic rings. The van der Waals surface area contributed by atoms with Gasteiger partial charge in [0.1, 0.15) is 0 Å². The van der Waals surface area contributed by atoms with Crippen LogP contribution in [0.2, 0.25) is 0 Å². The van der Waals surface area contributed by atoms with Crippen LogP contribution in [-0.2, 0) is 6.42 Å². The molecule has 0 atom stereocenters. The summed E-state index contributed by atoms with van der Waals surface area (Å²) in [5.41, 5.74) is 6.74. The molecule has 0 aromatic heterocycles. The van der Waals surface area contributed by atoms with Crippen molar-refractivity contribution in [1.82, 2.24) is 10.2 Å². The van der Waals surface area contributed by atoms with E-state index in [2.05, 4.69) is 33.4 Å². The van der Waals surface area contributed by atoms with Crippen molar-refractivity contribution in [3.05, 3.63) is 34.3 Å². The summed E-state index contributed by atoms with van der Waals surface area (Å²) in [6.45, 7) is 2.63. The summed E-state index contributed by atoms with van der Waals surface area (Å²) in [5, 5.41) is 3.30. The van der Waals surface area contributed by atoms with Crippen LogP contribution in [-0.4, -0.2) is 36.6 Å². The first kappa shape index (κ1) is 14.3. The third-order valence-electron chi connectivity index (χ3n) is 3.59. The molecule has 0 radical (unpaired) electrons. The van der Waals surface area contributed by atoms with Crippen LogP contribution < -0.4 is 11.1 Å². The molecule has 0 unspecified atom stereocenters. The third kappa shape index (κ3) is 4.21. The highest BCUT2D eigenvalue weighted by Gasteiger charge is 2.23. The summed E-state index contributed by atoms with van der Waals surface area (Å²) in [6.07, 6.45) is 2.83. The Labute approximate surface area is 122 Å². The normalized spacial score (nSPS) is 16.3. The Morgan fingerprint density at radius 1 is 1.32 bits per heavy atom. The minimum Gasteiger partial charge on any atom is -0.351 e. The molecule has 19 heavy (non-hydrogen) atoms. The number of nitrogens with zero attached hydrogens (tertiary/aromatic N) is 1. The lowest BCUT2D eigenvalue weighted by Crippen LogP contribution is -2.49. The number of carbonyl (C=O) groups excluding carboxylic acids is 1. The molecule has 1 aromatic carbocycles. The van der Waals surface area contributed by atoms with Gasteiger partial charge in [0.15, 0.2) is 0 Å². The van der Waals surface area contributed by atoms with E-state index in [1.165, 1.54) is 5.56 Å². The molecule has 2 rings (SSSR count). The van der Waals surface area contributed by atoms with Gasteiger partial charge in [0.25, 0.3) is 0 Å². The van der Waals surface area contributed by atoms with E-state index >= 15 is 0 Å². The first-order chi connectivity index (χ1) is 9.16. The highest BCUT2D eigenvalue weighted by atomic mass is 79.9. The molecule has 0 spiro atoms. The molecule has 2 amide bonds. The Kier molecular flexibility index (Phi) is 5.22. The summed E-state index contributed by atoms with van der Waals surface area (Å²) < 4.78 is 1.07. The van der Waals surface area contributed by atoms with Crippen LogP contribution in [0.3, 0.4) is 0 Å². The summed E-state index contributed by atoms with van der Waals surface area (Å²) in [5.74, 6) is 0. The zero-order valence-corrected chi connectivity index (χ0v) is 12.5. The van der Waals surface area contributed by atoms with Crippen molar-refractivity contribution in [2.24, 2.45) is 5.73 Å². The molecule has 0 bridgehead atoms. The maximum atomic E-state index is 11.6. The van der Waals surface area contributed by atoms with Gasteiger partial charge in [-0.3, -0.25) is 0 Å². The van der Waals surface area contributed by atoms with Gasteiger partial charge in [-0.1, -0.05) is 28.1 Å². The monoisotopic (exact) mass is 325 g/mol. The van der Waals surface area contributed by atoms with Gasteiger partial charge in [0, 0.05) is 17.1 Å². The van der Waals surface area contributed by atoms with Gasteiger partial charge < -0.3 is 16.0 Å². The van der Waals surface area contributed by atoms with E-state index in [-0.39, 0.29) is 12.1 Å². The molecule has 1 heterocycles. The van der Waals surface area contributed by atoms with E-state index in [0.717, 1.165) is 36.8 Å². The zero-order valence-electron chi connectivity index (χ0n) is 10.9. The molecule has 4 nitrogen and oxygen atoms in total. The van der Waals surface area contributed by atoms with Gasteiger partial charge in [-0.05, 0) is 50.0 Å². The average Bonchev–Trinajstić information content (AvgIpc) is 2.42. The molecular formula is C14H20BrN3O. The lowest BCUT2D eigenvalue weighted by Gasteiger charge is -2.33. The number of amides is 2. The highest BCUT2D eigenvalue weighted by Crippen LogP contribution is 2.14. The molecule has 1 aliphatic heterocycles. The number of nitrogens with two attached hydrogens (primary N) is 1. The fourth-order valence-corrected chi connectivity index (χ4v) is 2.76. The SMILES string of the molecule is NC(=O)N(CCc1ccc(Br)cc1)C1CCNCC1. The second-order valence-corrected chi connectivity index (χ2v) is 5.80. The standard InChI is InChI=1S/C14H20BrN3O/c15-12-3-1-11(2-4-12)7-10-18(14(16)19)13-5-8-17-9-6-13/h1-4,13,17H,5-10H2,(H2,16,19). The van der Waals surface area contributed by atoms with Crippen LogP contribution in [0.1, 0.15) is 18.4 Å². The number of benzene rings is 1. The lowest BCUT2D eigenvalue weighted by atomic mass is 10.0. The summed E-state index contributed by atoms with van der Waals surface area (Å²) in [6, 6.07) is 8.18. The predicted molar refractivity (Wildman–Crippen MR) is 80.0 cm³/mol. The fraction of sp³-hybridized carbons (Fsp3) is 0.500. The van der Waals surface area contributed by atoms with Gasteiger partial charge in [-0.2, -0.15) is 0 Å². The van der Waals surface area contributed by atoms with Crippen molar-refractivity contribution in [1.29, 1.82) is 0 Å². The minimum atomic E-state index is -0.302. The van der Waals surface area contributed by atoms with Crippen molar-refractivity contribution in [2.45, 2.75) is 25.3 Å². The van der Waals surface area contributed by atoms with Crippen LogP contribution in [0.4, 0.5) is 4.79 Å². The van der Waals surface area contributed by atoms with Gasteiger partial charge in [0.05, 0.1) is 0 Å². The quantitative estimate of drug-likeness (QED) is 0.890.